The maximum absolute atomic E-state index is 2.99. The van der Waals surface area contributed by atoms with Crippen LogP contribution in [0.2, 0.25) is 0 Å². The molecule has 0 spiro atoms. The van der Waals surface area contributed by atoms with E-state index in [4.69, 9.17) is 0 Å². The van der Waals surface area contributed by atoms with E-state index in [0.717, 1.165) is 19.3 Å². The van der Waals surface area contributed by atoms with Crippen molar-refractivity contribution in [3.05, 3.63) is 151 Å². The summed E-state index contributed by atoms with van der Waals surface area (Å²) in [6.45, 7) is 0. The van der Waals surface area contributed by atoms with Gasteiger partial charge in [-0.25, -0.2) is 12.2 Å². The van der Waals surface area contributed by atoms with Crippen molar-refractivity contribution in [1.82, 2.24) is 0 Å². The molecule has 0 nitrogen and oxygen atoms in total. The Bertz CT molecular complexity index is 1280. The van der Waals surface area contributed by atoms with E-state index >= 15 is 0 Å². The summed E-state index contributed by atoms with van der Waals surface area (Å²) in [5.41, 5.74) is 2.80. The molecule has 0 radical (unpaired) electrons. The number of halogens is 2. The Morgan fingerprint density at radius 1 is 0.639 bits per heavy atom. The quantitative estimate of drug-likeness (QED) is 0.241. The van der Waals surface area contributed by atoms with Crippen LogP contribution in [0.4, 0.5) is 0 Å². The maximum atomic E-state index is 2.99. The summed E-state index contributed by atoms with van der Waals surface area (Å²) in [6, 6.07) is 40.6. The van der Waals surface area contributed by atoms with E-state index in [-0.39, 0.29) is 24.8 Å². The summed E-state index contributed by atoms with van der Waals surface area (Å²) >= 11 is 2.24. The summed E-state index contributed by atoms with van der Waals surface area (Å²) in [5.74, 6) is 0. The molecule has 3 heteroatoms. The molecule has 0 unspecified atom stereocenters. The van der Waals surface area contributed by atoms with Gasteiger partial charge in [0.15, 0.2) is 0 Å². The van der Waals surface area contributed by atoms with Gasteiger partial charge in [-0.2, -0.15) is 6.08 Å². The minimum Gasteiger partial charge on any atom is -0.126 e. The molecule has 1 aliphatic rings. The first kappa shape index (κ1) is 29.6. The van der Waals surface area contributed by atoms with Crippen molar-refractivity contribution in [2.75, 3.05) is 0 Å². The summed E-state index contributed by atoms with van der Waals surface area (Å²) in [7, 11) is 0. The molecule has 6 rings (SSSR count). The number of hydrogen-bond acceptors (Lipinski definition) is 0. The molecule has 0 heterocycles. The zero-order valence-electron chi connectivity index (χ0n) is 20.1. The first-order valence-corrected chi connectivity index (χ1v) is 12.5. The minimum atomic E-state index is 0. The van der Waals surface area contributed by atoms with E-state index in [1.807, 2.05) is 12.2 Å². The summed E-state index contributed by atoms with van der Waals surface area (Å²) in [5, 5.41) is 5.39. The fourth-order valence-corrected chi connectivity index (χ4v) is 4.63. The third kappa shape index (κ3) is 9.12. The summed E-state index contributed by atoms with van der Waals surface area (Å²) < 4.78 is 1.51. The SMILES string of the molecule is [C-]1=CC=CC1.[Cl-].[Cl-].[Ti+2]=[C](Cc1ccccc1)Cc1ccccc1.c1ccc2c(c1)[cH-]c1ccccc12. The second kappa shape index (κ2) is 16.2. The van der Waals surface area contributed by atoms with Crippen molar-refractivity contribution >= 4 is 25.4 Å². The van der Waals surface area contributed by atoms with Gasteiger partial charge in [-0.05, 0) is 0 Å². The summed E-state index contributed by atoms with van der Waals surface area (Å²) in [4.78, 5) is 0. The number of allylic oxidation sites excluding steroid dienone is 4. The fraction of sp³-hybridized carbons (Fsp3) is 0.0909. The Morgan fingerprint density at radius 3 is 1.47 bits per heavy atom. The van der Waals surface area contributed by atoms with Crippen LogP contribution < -0.4 is 24.8 Å². The van der Waals surface area contributed by atoms with Crippen molar-refractivity contribution < 1.29 is 44.8 Å². The Hall–Kier alpha value is -2.61. The van der Waals surface area contributed by atoms with Gasteiger partial charge in [0.1, 0.15) is 0 Å². The van der Waals surface area contributed by atoms with Crippen LogP contribution in [0, 0.1) is 6.08 Å². The molecule has 0 saturated heterocycles. The van der Waals surface area contributed by atoms with Crippen LogP contribution in [0.3, 0.4) is 0 Å². The molecule has 36 heavy (non-hydrogen) atoms. The molecule has 0 N–H and O–H groups in total. The second-order valence-electron chi connectivity index (χ2n) is 8.25. The Morgan fingerprint density at radius 2 is 1.08 bits per heavy atom. The molecule has 0 fully saturated rings. The number of benzene rings is 4. The predicted molar refractivity (Wildman–Crippen MR) is 144 cm³/mol. The predicted octanol–water partition coefficient (Wildman–Crippen LogP) is 2.22. The van der Waals surface area contributed by atoms with E-state index in [9.17, 15) is 0 Å². The number of hydrogen-bond donors (Lipinski definition) is 0. The first-order chi connectivity index (χ1) is 16.8. The smallest absolute Gasteiger partial charge is 0.0771 e. The molecule has 0 aromatic heterocycles. The van der Waals surface area contributed by atoms with Crippen molar-refractivity contribution in [2.45, 2.75) is 19.3 Å². The Kier molecular flexibility index (Phi) is 13.3. The van der Waals surface area contributed by atoms with Crippen LogP contribution in [0.1, 0.15) is 17.5 Å². The zero-order chi connectivity index (χ0) is 23.4. The van der Waals surface area contributed by atoms with E-state index in [1.54, 1.807) is 0 Å². The molecule has 1 aliphatic carbocycles. The normalized spacial score (nSPS) is 10.9. The molecule has 5 aromatic carbocycles. The zero-order valence-corrected chi connectivity index (χ0v) is 23.2. The van der Waals surface area contributed by atoms with Gasteiger partial charge in [-0.15, -0.1) is 46.2 Å². The van der Waals surface area contributed by atoms with Crippen LogP contribution >= 0.6 is 0 Å². The van der Waals surface area contributed by atoms with Gasteiger partial charge in [0.2, 0.25) is 0 Å². The van der Waals surface area contributed by atoms with Crippen molar-refractivity contribution in [2.24, 2.45) is 0 Å². The Labute approximate surface area is 238 Å². The number of rotatable bonds is 4. The van der Waals surface area contributed by atoms with Crippen LogP contribution in [0.5, 0.6) is 0 Å². The van der Waals surface area contributed by atoms with Gasteiger partial charge in [-0.1, -0.05) is 36.4 Å². The number of fused-ring (bicyclic) bond motifs is 3. The maximum Gasteiger partial charge on any atom is -0.0771 e. The largest absolute Gasteiger partial charge is 0.126 e. The van der Waals surface area contributed by atoms with E-state index < -0.39 is 0 Å². The third-order valence-electron chi connectivity index (χ3n) is 5.63. The van der Waals surface area contributed by atoms with Crippen molar-refractivity contribution in [3.8, 4) is 0 Å². The standard InChI is InChI=1S/C15H14.C13H9.C5H5.2ClH.Ti/c1-3-8-14(9-4-1)12-7-13-15-10-5-2-6-11-15;1-3-7-12-10(5-1)9-11-6-2-4-8-13(11)12;1-2-4-5-3-1;;;/h1-6,8-11H,12-13H2;1-9H;1-3H,4H2;2*1H;/q;2*-1;;;+2/p-2. The first-order valence-electron chi connectivity index (χ1n) is 11.7. The molecular weight excluding hydrogens is 515 g/mol. The van der Waals surface area contributed by atoms with Gasteiger partial charge >= 0.3 is 108 Å². The van der Waals surface area contributed by atoms with Gasteiger partial charge in [-0.3, -0.25) is 6.08 Å². The summed E-state index contributed by atoms with van der Waals surface area (Å²) in [6.07, 6.45) is 12.2. The van der Waals surface area contributed by atoms with Crippen LogP contribution in [-0.4, -0.2) is 3.81 Å². The van der Waals surface area contributed by atoms with Crippen molar-refractivity contribution in [1.29, 1.82) is 0 Å². The molecule has 0 saturated carbocycles. The van der Waals surface area contributed by atoms with Gasteiger partial charge < -0.3 is 24.8 Å². The minimum absolute atomic E-state index is 0. The van der Waals surface area contributed by atoms with E-state index in [0.29, 0.717) is 0 Å². The molecule has 0 bridgehead atoms. The Balaban J connectivity index is 0.000000205. The molecule has 180 valence electrons. The average molecular weight is 543 g/mol. The van der Waals surface area contributed by atoms with Crippen molar-refractivity contribution in [3.63, 3.8) is 0 Å². The molecular formula is C33H28Cl2Ti-2. The van der Waals surface area contributed by atoms with Gasteiger partial charge in [0.05, 0.1) is 0 Å². The third-order valence-corrected chi connectivity index (χ3v) is 6.18. The van der Waals surface area contributed by atoms with E-state index in [1.165, 1.54) is 36.5 Å². The average Bonchev–Trinajstić information content (AvgIpc) is 3.58. The molecule has 0 aliphatic heterocycles. The van der Waals surface area contributed by atoms with Crippen LogP contribution in [0.15, 0.2) is 133 Å². The van der Waals surface area contributed by atoms with E-state index in [2.05, 4.69) is 147 Å². The van der Waals surface area contributed by atoms with Crippen LogP contribution in [0.25, 0.3) is 21.5 Å². The topological polar surface area (TPSA) is 0 Å². The van der Waals surface area contributed by atoms with Gasteiger partial charge in [0, 0.05) is 0 Å². The molecule has 0 amide bonds. The fourth-order valence-electron chi connectivity index (χ4n) is 3.99. The molecule has 0 atom stereocenters. The van der Waals surface area contributed by atoms with Gasteiger partial charge in [0.25, 0.3) is 0 Å². The second-order valence-corrected chi connectivity index (χ2v) is 9.35. The monoisotopic (exact) mass is 542 g/mol. The molecule has 5 aromatic rings. The van der Waals surface area contributed by atoms with Crippen LogP contribution in [-0.2, 0) is 32.8 Å².